The van der Waals surface area contributed by atoms with E-state index in [1.54, 1.807) is 7.05 Å². The van der Waals surface area contributed by atoms with Crippen LogP contribution in [0.4, 0.5) is 0 Å². The van der Waals surface area contributed by atoms with Crippen LogP contribution in [0.5, 0.6) is 0 Å². The van der Waals surface area contributed by atoms with Crippen LogP contribution in [0.1, 0.15) is 11.6 Å². The van der Waals surface area contributed by atoms with E-state index in [2.05, 4.69) is 21.0 Å². The standard InChI is InChI=1S/C6H10BrN3O2/c1-10-5(7)4(3(8)2-11)6(12)9-10/h3,11H,2,8H2,1H3,(H,9,12). The van der Waals surface area contributed by atoms with Gasteiger partial charge >= 0.3 is 0 Å². The first-order valence-corrected chi connectivity index (χ1v) is 4.18. The second-order valence-corrected chi connectivity index (χ2v) is 3.24. The van der Waals surface area contributed by atoms with Gasteiger partial charge in [0.1, 0.15) is 4.60 Å². The second-order valence-electron chi connectivity index (χ2n) is 2.49. The van der Waals surface area contributed by atoms with Gasteiger partial charge < -0.3 is 10.8 Å². The number of nitrogens with one attached hydrogen (secondary N) is 1. The molecule has 0 amide bonds. The number of aromatic nitrogens is 2. The van der Waals surface area contributed by atoms with Crippen molar-refractivity contribution in [1.29, 1.82) is 0 Å². The summed E-state index contributed by atoms with van der Waals surface area (Å²) in [5, 5.41) is 11.3. The van der Waals surface area contributed by atoms with Gasteiger partial charge in [-0.15, -0.1) is 0 Å². The van der Waals surface area contributed by atoms with Crippen LogP contribution in [-0.4, -0.2) is 21.5 Å². The van der Waals surface area contributed by atoms with Gasteiger partial charge in [0.25, 0.3) is 5.56 Å². The second kappa shape index (κ2) is 3.42. The van der Waals surface area contributed by atoms with Gasteiger partial charge in [-0.1, -0.05) is 0 Å². The number of halogens is 1. The fourth-order valence-electron chi connectivity index (χ4n) is 0.949. The van der Waals surface area contributed by atoms with Crippen LogP contribution < -0.4 is 11.3 Å². The molecule has 0 aliphatic heterocycles. The van der Waals surface area contributed by atoms with E-state index in [9.17, 15) is 4.79 Å². The first-order chi connectivity index (χ1) is 5.57. The zero-order valence-corrected chi connectivity index (χ0v) is 8.13. The fourth-order valence-corrected chi connectivity index (χ4v) is 1.51. The number of hydrogen-bond acceptors (Lipinski definition) is 3. The monoisotopic (exact) mass is 235 g/mol. The van der Waals surface area contributed by atoms with Gasteiger partial charge in [-0.25, -0.2) is 0 Å². The molecule has 0 saturated heterocycles. The molecule has 0 fully saturated rings. The summed E-state index contributed by atoms with van der Waals surface area (Å²) in [6.07, 6.45) is 0. The number of hydrogen-bond donors (Lipinski definition) is 3. The van der Waals surface area contributed by atoms with Crippen molar-refractivity contribution in [3.8, 4) is 0 Å². The molecule has 6 heteroatoms. The third-order valence-electron chi connectivity index (χ3n) is 1.60. The number of aryl methyl sites for hydroxylation is 1. The quantitative estimate of drug-likeness (QED) is 0.645. The first kappa shape index (κ1) is 9.50. The zero-order chi connectivity index (χ0) is 9.30. The minimum atomic E-state index is -0.635. The van der Waals surface area contributed by atoms with Gasteiger partial charge in [0, 0.05) is 7.05 Å². The highest BCUT2D eigenvalue weighted by Crippen LogP contribution is 2.16. The smallest absolute Gasteiger partial charge is 0.270 e. The van der Waals surface area contributed by atoms with Crippen LogP contribution >= 0.6 is 15.9 Å². The molecule has 4 N–H and O–H groups in total. The average Bonchev–Trinajstić information content (AvgIpc) is 2.26. The van der Waals surface area contributed by atoms with Crippen molar-refractivity contribution >= 4 is 15.9 Å². The molecule has 1 heterocycles. The molecule has 12 heavy (non-hydrogen) atoms. The SMILES string of the molecule is Cn1[nH]c(=O)c(C(N)CO)c1Br. The van der Waals surface area contributed by atoms with Gasteiger partial charge in [-0.05, 0) is 15.9 Å². The molecule has 0 spiro atoms. The van der Waals surface area contributed by atoms with E-state index >= 15 is 0 Å². The number of H-pyrrole nitrogens is 1. The van der Waals surface area contributed by atoms with Crippen LogP contribution in [0.3, 0.4) is 0 Å². The molecular weight excluding hydrogens is 226 g/mol. The van der Waals surface area contributed by atoms with E-state index in [1.165, 1.54) is 4.68 Å². The minimum absolute atomic E-state index is 0.244. The molecule has 1 unspecified atom stereocenters. The van der Waals surface area contributed by atoms with Crippen molar-refractivity contribution in [2.75, 3.05) is 6.61 Å². The molecule has 0 radical (unpaired) electrons. The maximum absolute atomic E-state index is 11.2. The lowest BCUT2D eigenvalue weighted by atomic mass is 10.2. The normalized spacial score (nSPS) is 13.3. The Hall–Kier alpha value is -0.590. The highest BCUT2D eigenvalue weighted by Gasteiger charge is 2.16. The van der Waals surface area contributed by atoms with Crippen molar-refractivity contribution in [3.63, 3.8) is 0 Å². The van der Waals surface area contributed by atoms with Gasteiger partial charge in [-0.3, -0.25) is 14.6 Å². The molecule has 1 atom stereocenters. The number of nitrogens with zero attached hydrogens (tertiary/aromatic N) is 1. The summed E-state index contributed by atoms with van der Waals surface area (Å²) in [7, 11) is 1.68. The lowest BCUT2D eigenvalue weighted by Gasteiger charge is -2.04. The summed E-state index contributed by atoms with van der Waals surface area (Å²) in [5.41, 5.74) is 5.60. The highest BCUT2D eigenvalue weighted by molar-refractivity contribution is 9.10. The van der Waals surface area contributed by atoms with E-state index in [4.69, 9.17) is 10.8 Å². The van der Waals surface area contributed by atoms with Crippen LogP contribution in [0.2, 0.25) is 0 Å². The van der Waals surface area contributed by atoms with Crippen LogP contribution in [0, 0.1) is 0 Å². The van der Waals surface area contributed by atoms with E-state index in [-0.39, 0.29) is 12.2 Å². The van der Waals surface area contributed by atoms with Gasteiger partial charge in [0.05, 0.1) is 18.2 Å². The van der Waals surface area contributed by atoms with E-state index < -0.39 is 6.04 Å². The fraction of sp³-hybridized carbons (Fsp3) is 0.500. The number of rotatable bonds is 2. The lowest BCUT2D eigenvalue weighted by molar-refractivity contribution is 0.267. The predicted molar refractivity (Wildman–Crippen MR) is 47.7 cm³/mol. The molecular formula is C6H10BrN3O2. The van der Waals surface area contributed by atoms with Crippen molar-refractivity contribution in [2.24, 2.45) is 12.8 Å². The Balaban J connectivity index is 3.22. The largest absolute Gasteiger partial charge is 0.394 e. The molecule has 1 aromatic rings. The molecule has 68 valence electrons. The minimum Gasteiger partial charge on any atom is -0.394 e. The molecule has 1 aromatic heterocycles. The molecule has 1 rings (SSSR count). The Bertz CT molecular complexity index is 330. The van der Waals surface area contributed by atoms with E-state index in [0.717, 1.165) is 0 Å². The van der Waals surface area contributed by atoms with Gasteiger partial charge in [0.2, 0.25) is 0 Å². The lowest BCUT2D eigenvalue weighted by Crippen LogP contribution is -2.21. The van der Waals surface area contributed by atoms with Crippen molar-refractivity contribution < 1.29 is 5.11 Å². The Kier molecular flexibility index (Phi) is 2.71. The van der Waals surface area contributed by atoms with Crippen LogP contribution in [-0.2, 0) is 7.05 Å². The molecule has 0 bridgehead atoms. The van der Waals surface area contributed by atoms with Gasteiger partial charge in [-0.2, -0.15) is 0 Å². The molecule has 0 aliphatic rings. The maximum Gasteiger partial charge on any atom is 0.270 e. The maximum atomic E-state index is 11.2. The molecule has 0 aliphatic carbocycles. The summed E-state index contributed by atoms with van der Waals surface area (Å²) in [6, 6.07) is -0.635. The average molecular weight is 236 g/mol. The molecule has 0 aromatic carbocycles. The zero-order valence-electron chi connectivity index (χ0n) is 6.54. The van der Waals surface area contributed by atoms with Crippen molar-refractivity contribution in [2.45, 2.75) is 6.04 Å². The third kappa shape index (κ3) is 1.45. The third-order valence-corrected chi connectivity index (χ3v) is 2.56. The van der Waals surface area contributed by atoms with Crippen LogP contribution in [0.25, 0.3) is 0 Å². The van der Waals surface area contributed by atoms with E-state index in [1.807, 2.05) is 0 Å². The summed E-state index contributed by atoms with van der Waals surface area (Å²) in [4.78, 5) is 11.2. The van der Waals surface area contributed by atoms with E-state index in [0.29, 0.717) is 10.2 Å². The van der Waals surface area contributed by atoms with Crippen LogP contribution in [0.15, 0.2) is 9.40 Å². The molecule has 5 nitrogen and oxygen atoms in total. The summed E-state index contributed by atoms with van der Waals surface area (Å²) in [5.74, 6) is 0. The number of aromatic amines is 1. The predicted octanol–water partition coefficient (Wildman–Crippen LogP) is -0.532. The first-order valence-electron chi connectivity index (χ1n) is 3.38. The van der Waals surface area contributed by atoms with Gasteiger partial charge in [0.15, 0.2) is 0 Å². The topological polar surface area (TPSA) is 84.0 Å². The Morgan fingerprint density at radius 3 is 2.75 bits per heavy atom. The Morgan fingerprint density at radius 2 is 2.42 bits per heavy atom. The number of nitrogens with two attached hydrogens (primary N) is 1. The Morgan fingerprint density at radius 1 is 1.83 bits per heavy atom. The summed E-state index contributed by atoms with van der Waals surface area (Å²) < 4.78 is 2.08. The molecule has 0 saturated carbocycles. The van der Waals surface area contributed by atoms with Crippen molar-refractivity contribution in [3.05, 3.63) is 20.5 Å². The Labute approximate surface area is 77.3 Å². The van der Waals surface area contributed by atoms with Crippen molar-refractivity contribution in [1.82, 2.24) is 9.78 Å². The highest BCUT2D eigenvalue weighted by atomic mass is 79.9. The number of aliphatic hydroxyl groups is 1. The summed E-state index contributed by atoms with van der Waals surface area (Å²) >= 11 is 3.18. The summed E-state index contributed by atoms with van der Waals surface area (Å²) in [6.45, 7) is -0.244. The number of aliphatic hydroxyl groups excluding tert-OH is 1.